The third kappa shape index (κ3) is 3.47. The third-order valence-electron chi connectivity index (χ3n) is 1.67. The Morgan fingerprint density at radius 2 is 2.07 bits per heavy atom. The Morgan fingerprint density at radius 1 is 1.50 bits per heavy atom. The van der Waals surface area contributed by atoms with Crippen LogP contribution in [0.1, 0.15) is 12.5 Å². The van der Waals surface area contributed by atoms with E-state index in [9.17, 15) is 4.79 Å². The zero-order chi connectivity index (χ0) is 10.6. The lowest BCUT2D eigenvalue weighted by Gasteiger charge is -2.06. The Bertz CT molecular complexity index is 308. The second kappa shape index (κ2) is 5.12. The van der Waals surface area contributed by atoms with Crippen molar-refractivity contribution >= 4 is 21.9 Å². The van der Waals surface area contributed by atoms with Gasteiger partial charge in [-0.15, -0.1) is 0 Å². The lowest BCUT2D eigenvalue weighted by atomic mass is 10.2. The van der Waals surface area contributed by atoms with Crippen molar-refractivity contribution in [3.05, 3.63) is 34.3 Å². The van der Waals surface area contributed by atoms with E-state index in [0.29, 0.717) is 0 Å². The highest BCUT2D eigenvalue weighted by molar-refractivity contribution is 9.10. The molecule has 0 aliphatic heterocycles. The summed E-state index contributed by atoms with van der Waals surface area (Å²) in [5.74, 6) is -0.382. The molecule has 0 saturated heterocycles. The second-order valence-electron chi connectivity index (χ2n) is 3.02. The number of ether oxygens (including phenoxy) is 1. The van der Waals surface area contributed by atoms with Gasteiger partial charge in [-0.1, -0.05) is 28.1 Å². The molecule has 76 valence electrons. The topological polar surface area (TPSA) is 52.3 Å². The van der Waals surface area contributed by atoms with E-state index >= 15 is 0 Å². The first kappa shape index (κ1) is 11.2. The lowest BCUT2D eigenvalue weighted by Crippen LogP contribution is -2.28. The first-order valence-corrected chi connectivity index (χ1v) is 5.05. The van der Waals surface area contributed by atoms with Crippen LogP contribution in [-0.4, -0.2) is 12.0 Å². The monoisotopic (exact) mass is 257 g/mol. The minimum Gasteiger partial charge on any atom is -0.460 e. The molecule has 0 aliphatic rings. The molecule has 4 heteroatoms. The number of nitrogens with two attached hydrogens (primary N) is 1. The van der Waals surface area contributed by atoms with E-state index in [-0.39, 0.29) is 12.6 Å². The maximum absolute atomic E-state index is 11.0. The number of benzene rings is 1. The molecule has 0 heterocycles. The van der Waals surface area contributed by atoms with Crippen molar-refractivity contribution < 1.29 is 9.53 Å². The highest BCUT2D eigenvalue weighted by Gasteiger charge is 2.08. The van der Waals surface area contributed by atoms with E-state index in [4.69, 9.17) is 10.5 Å². The maximum atomic E-state index is 11.0. The molecule has 0 spiro atoms. The molecule has 0 aliphatic carbocycles. The Balaban J connectivity index is 2.46. The fourth-order valence-electron chi connectivity index (χ4n) is 0.867. The molecule has 0 saturated carbocycles. The molecular formula is C10H12BrNO2. The van der Waals surface area contributed by atoms with E-state index in [1.165, 1.54) is 0 Å². The number of esters is 1. The number of carbonyl (C=O) groups excluding carboxylic acids is 1. The highest BCUT2D eigenvalue weighted by atomic mass is 79.9. The minimum atomic E-state index is -0.564. The molecule has 0 aromatic heterocycles. The van der Waals surface area contributed by atoms with Crippen LogP contribution in [0.5, 0.6) is 0 Å². The molecule has 1 aromatic carbocycles. The Kier molecular flexibility index (Phi) is 4.10. The fourth-order valence-corrected chi connectivity index (χ4v) is 1.13. The number of hydrogen-bond acceptors (Lipinski definition) is 3. The van der Waals surface area contributed by atoms with E-state index in [1.807, 2.05) is 24.3 Å². The summed E-state index contributed by atoms with van der Waals surface area (Å²) in [7, 11) is 0. The third-order valence-corrected chi connectivity index (χ3v) is 2.19. The molecule has 14 heavy (non-hydrogen) atoms. The molecule has 1 aromatic rings. The molecular weight excluding hydrogens is 246 g/mol. The number of carbonyl (C=O) groups is 1. The van der Waals surface area contributed by atoms with Gasteiger partial charge in [0.15, 0.2) is 0 Å². The lowest BCUT2D eigenvalue weighted by molar-refractivity contribution is -0.146. The van der Waals surface area contributed by atoms with Crippen LogP contribution >= 0.6 is 15.9 Å². The normalized spacial score (nSPS) is 12.2. The van der Waals surface area contributed by atoms with Crippen molar-refractivity contribution in [2.45, 2.75) is 19.6 Å². The first-order valence-electron chi connectivity index (χ1n) is 4.26. The van der Waals surface area contributed by atoms with E-state index in [1.54, 1.807) is 6.92 Å². The van der Waals surface area contributed by atoms with Gasteiger partial charge in [-0.3, -0.25) is 4.79 Å². The zero-order valence-electron chi connectivity index (χ0n) is 7.87. The summed E-state index contributed by atoms with van der Waals surface area (Å²) < 4.78 is 5.95. The van der Waals surface area contributed by atoms with E-state index in [2.05, 4.69) is 15.9 Å². The summed E-state index contributed by atoms with van der Waals surface area (Å²) >= 11 is 3.32. The standard InChI is InChI=1S/C10H12BrNO2/c1-7(12)10(13)14-6-8-2-4-9(11)5-3-8/h2-5,7H,6,12H2,1H3. The van der Waals surface area contributed by atoms with Crippen LogP contribution in [0.4, 0.5) is 0 Å². The predicted octanol–water partition coefficient (Wildman–Crippen LogP) is 1.84. The number of halogens is 1. The summed E-state index contributed by atoms with van der Waals surface area (Å²) in [5.41, 5.74) is 6.29. The van der Waals surface area contributed by atoms with Crippen molar-refractivity contribution in [3.8, 4) is 0 Å². The van der Waals surface area contributed by atoms with E-state index in [0.717, 1.165) is 10.0 Å². The first-order chi connectivity index (χ1) is 6.59. The molecule has 2 N–H and O–H groups in total. The summed E-state index contributed by atoms with van der Waals surface area (Å²) in [6.45, 7) is 1.87. The van der Waals surface area contributed by atoms with Gasteiger partial charge in [0.05, 0.1) is 0 Å². The van der Waals surface area contributed by atoms with Crippen molar-refractivity contribution in [2.75, 3.05) is 0 Å². The smallest absolute Gasteiger partial charge is 0.322 e. The molecule has 1 atom stereocenters. The molecule has 3 nitrogen and oxygen atoms in total. The van der Waals surface area contributed by atoms with Crippen LogP contribution in [-0.2, 0) is 16.1 Å². The molecule has 0 bridgehead atoms. The fraction of sp³-hybridized carbons (Fsp3) is 0.300. The minimum absolute atomic E-state index is 0.271. The average molecular weight is 258 g/mol. The van der Waals surface area contributed by atoms with Crippen molar-refractivity contribution in [1.29, 1.82) is 0 Å². The van der Waals surface area contributed by atoms with E-state index < -0.39 is 6.04 Å². The van der Waals surface area contributed by atoms with Crippen molar-refractivity contribution in [1.82, 2.24) is 0 Å². The predicted molar refractivity (Wildman–Crippen MR) is 57.6 cm³/mol. The molecule has 0 fully saturated rings. The van der Waals surface area contributed by atoms with Crippen molar-refractivity contribution in [3.63, 3.8) is 0 Å². The van der Waals surface area contributed by atoms with Crippen LogP contribution in [0.25, 0.3) is 0 Å². The zero-order valence-corrected chi connectivity index (χ0v) is 9.45. The van der Waals surface area contributed by atoms with Gasteiger partial charge in [0.25, 0.3) is 0 Å². The van der Waals surface area contributed by atoms with Crippen LogP contribution in [0.3, 0.4) is 0 Å². The van der Waals surface area contributed by atoms with Gasteiger partial charge >= 0.3 is 5.97 Å². The number of rotatable bonds is 3. The van der Waals surface area contributed by atoms with Gasteiger partial charge in [-0.05, 0) is 24.6 Å². The van der Waals surface area contributed by atoms with Crippen LogP contribution in [0.2, 0.25) is 0 Å². The Labute approximate surface area is 91.4 Å². The van der Waals surface area contributed by atoms with Crippen LogP contribution in [0.15, 0.2) is 28.7 Å². The van der Waals surface area contributed by atoms with Gasteiger partial charge in [0.1, 0.15) is 12.6 Å². The largest absolute Gasteiger partial charge is 0.460 e. The van der Waals surface area contributed by atoms with Crippen LogP contribution in [0, 0.1) is 0 Å². The SMILES string of the molecule is CC(N)C(=O)OCc1ccc(Br)cc1. The summed E-state index contributed by atoms with van der Waals surface area (Å²) in [6.07, 6.45) is 0. The molecule has 0 amide bonds. The van der Waals surface area contributed by atoms with Gasteiger partial charge in [0.2, 0.25) is 0 Å². The maximum Gasteiger partial charge on any atom is 0.322 e. The summed E-state index contributed by atoms with van der Waals surface area (Å²) in [6, 6.07) is 7.01. The van der Waals surface area contributed by atoms with Gasteiger partial charge in [-0.2, -0.15) is 0 Å². The number of hydrogen-bond donors (Lipinski definition) is 1. The Hall–Kier alpha value is -0.870. The van der Waals surface area contributed by atoms with Gasteiger partial charge in [0, 0.05) is 4.47 Å². The molecule has 0 radical (unpaired) electrons. The summed E-state index contributed by atoms with van der Waals surface area (Å²) in [4.78, 5) is 11.0. The highest BCUT2D eigenvalue weighted by Crippen LogP contribution is 2.11. The van der Waals surface area contributed by atoms with Gasteiger partial charge in [-0.25, -0.2) is 0 Å². The Morgan fingerprint density at radius 3 is 2.57 bits per heavy atom. The summed E-state index contributed by atoms with van der Waals surface area (Å²) in [5, 5.41) is 0. The molecule has 1 rings (SSSR count). The van der Waals surface area contributed by atoms with Crippen molar-refractivity contribution in [2.24, 2.45) is 5.73 Å². The average Bonchev–Trinajstić information content (AvgIpc) is 2.16. The second-order valence-corrected chi connectivity index (χ2v) is 3.94. The van der Waals surface area contributed by atoms with Gasteiger partial charge < -0.3 is 10.5 Å². The van der Waals surface area contributed by atoms with Crippen LogP contribution < -0.4 is 5.73 Å². The molecule has 1 unspecified atom stereocenters. The quantitative estimate of drug-likeness (QED) is 0.841.